The number of anilines is 2. The Bertz CT molecular complexity index is 1620. The Kier molecular flexibility index (Phi) is 13.1. The van der Waals surface area contributed by atoms with Crippen molar-refractivity contribution in [1.82, 2.24) is 14.9 Å². The standard InChI is InChI=1S/C31H34ClN5O4.H3O4P/c1-22(36-41-20-23-4-8-25(32)9-5-23)24-6-10-26(11-7-24)35-31-27-18-30(29(38-2)19-28(27)33-21-34-31)40-15-3-12-37-13-16-39-17-14-37;1-5(2,3)4/h4-11,18-19,21H,3,12-17,20H2,1-2H3,(H,33,34,35);(H3,1,2,3,4)/b36-22-;. The smallest absolute Gasteiger partial charge is 0.466 e. The monoisotopic (exact) mass is 673 g/mol. The normalized spacial score (nSPS) is 13.9. The molecule has 46 heavy (non-hydrogen) atoms. The summed E-state index contributed by atoms with van der Waals surface area (Å²) < 4.78 is 26.0. The molecular formula is C31H37ClN5O8P. The van der Waals surface area contributed by atoms with Crippen LogP contribution in [0.2, 0.25) is 5.02 Å². The van der Waals surface area contributed by atoms with Gasteiger partial charge in [-0.05, 0) is 54.8 Å². The Labute approximate surface area is 272 Å². The average Bonchev–Trinajstić information content (AvgIpc) is 3.04. The van der Waals surface area contributed by atoms with Crippen LogP contribution in [0.1, 0.15) is 24.5 Å². The lowest BCUT2D eigenvalue weighted by atomic mass is 10.1. The van der Waals surface area contributed by atoms with Gasteiger partial charge in [-0.3, -0.25) is 4.90 Å². The molecule has 0 amide bonds. The third-order valence-electron chi connectivity index (χ3n) is 6.81. The molecule has 4 N–H and O–H groups in total. The first kappa shape index (κ1) is 35.1. The second-order valence-electron chi connectivity index (χ2n) is 10.2. The maximum atomic E-state index is 8.88. The number of phosphoric acid groups is 1. The number of aromatic nitrogens is 2. The fourth-order valence-corrected chi connectivity index (χ4v) is 4.63. The second kappa shape index (κ2) is 17.2. The highest BCUT2D eigenvalue weighted by Gasteiger charge is 2.14. The molecule has 3 aromatic carbocycles. The van der Waals surface area contributed by atoms with Crippen LogP contribution in [-0.2, 0) is 20.7 Å². The van der Waals surface area contributed by atoms with Gasteiger partial charge in [0.15, 0.2) is 11.5 Å². The summed E-state index contributed by atoms with van der Waals surface area (Å²) in [5.74, 6) is 1.99. The van der Waals surface area contributed by atoms with Crippen molar-refractivity contribution in [2.24, 2.45) is 5.16 Å². The maximum Gasteiger partial charge on any atom is 0.466 e. The molecule has 1 saturated heterocycles. The van der Waals surface area contributed by atoms with Crippen LogP contribution in [0.4, 0.5) is 11.5 Å². The summed E-state index contributed by atoms with van der Waals surface area (Å²) >= 11 is 5.94. The average molecular weight is 674 g/mol. The molecule has 13 nitrogen and oxygen atoms in total. The molecule has 0 unspecified atom stereocenters. The molecule has 4 aromatic rings. The molecule has 246 valence electrons. The summed E-state index contributed by atoms with van der Waals surface area (Å²) in [4.78, 5) is 38.4. The molecule has 0 saturated carbocycles. The summed E-state index contributed by atoms with van der Waals surface area (Å²) in [6.07, 6.45) is 2.45. The number of rotatable bonds is 12. The van der Waals surface area contributed by atoms with Gasteiger partial charge in [0.25, 0.3) is 0 Å². The topological polar surface area (TPSA) is 168 Å². The zero-order valence-corrected chi connectivity index (χ0v) is 27.2. The van der Waals surface area contributed by atoms with E-state index in [0.717, 1.165) is 72.7 Å². The van der Waals surface area contributed by atoms with Crippen molar-refractivity contribution in [1.29, 1.82) is 0 Å². The number of benzene rings is 3. The van der Waals surface area contributed by atoms with E-state index in [-0.39, 0.29) is 0 Å². The summed E-state index contributed by atoms with van der Waals surface area (Å²) in [5.41, 5.74) is 4.38. The third-order valence-corrected chi connectivity index (χ3v) is 7.06. The number of nitrogens with zero attached hydrogens (tertiary/aromatic N) is 4. The van der Waals surface area contributed by atoms with E-state index in [1.54, 1.807) is 7.11 Å². The predicted octanol–water partition coefficient (Wildman–Crippen LogP) is 5.15. The summed E-state index contributed by atoms with van der Waals surface area (Å²) in [6.45, 7) is 7.38. The molecular weight excluding hydrogens is 637 g/mol. The Morgan fingerprint density at radius 1 is 1.04 bits per heavy atom. The van der Waals surface area contributed by atoms with Crippen LogP contribution in [0.5, 0.6) is 11.5 Å². The van der Waals surface area contributed by atoms with Gasteiger partial charge in [-0.1, -0.05) is 41.0 Å². The van der Waals surface area contributed by atoms with E-state index < -0.39 is 7.82 Å². The van der Waals surface area contributed by atoms with E-state index in [4.69, 9.17) is 49.9 Å². The van der Waals surface area contributed by atoms with Crippen LogP contribution in [-0.4, -0.2) is 81.8 Å². The third kappa shape index (κ3) is 11.5. The van der Waals surface area contributed by atoms with Crippen LogP contribution in [0, 0.1) is 0 Å². The number of hydrogen-bond donors (Lipinski definition) is 4. The van der Waals surface area contributed by atoms with E-state index in [2.05, 4.69) is 25.3 Å². The zero-order chi connectivity index (χ0) is 32.9. The van der Waals surface area contributed by atoms with Crippen LogP contribution in [0.15, 0.2) is 72.1 Å². The van der Waals surface area contributed by atoms with Crippen molar-refractivity contribution in [3.8, 4) is 11.5 Å². The molecule has 1 aromatic heterocycles. The lowest BCUT2D eigenvalue weighted by molar-refractivity contribution is 0.0357. The van der Waals surface area contributed by atoms with Crippen LogP contribution in [0.25, 0.3) is 10.9 Å². The highest BCUT2D eigenvalue weighted by atomic mass is 35.5. The van der Waals surface area contributed by atoms with Gasteiger partial charge in [0, 0.05) is 41.8 Å². The lowest BCUT2D eigenvalue weighted by Gasteiger charge is -2.26. The SMILES string of the molecule is COc1cc2ncnc(Nc3ccc(/C(C)=N\OCc4ccc(Cl)cc4)cc3)c2cc1OCCCN1CCOCC1.O=P(O)(O)O. The van der Waals surface area contributed by atoms with E-state index in [1.807, 2.05) is 67.6 Å². The highest BCUT2D eigenvalue weighted by molar-refractivity contribution is 7.45. The Morgan fingerprint density at radius 2 is 1.74 bits per heavy atom. The molecule has 0 aliphatic carbocycles. The largest absolute Gasteiger partial charge is 0.493 e. The highest BCUT2D eigenvalue weighted by Crippen LogP contribution is 2.35. The van der Waals surface area contributed by atoms with Gasteiger partial charge in [0.1, 0.15) is 18.8 Å². The minimum absolute atomic E-state index is 0.374. The fraction of sp³-hybridized carbons (Fsp3) is 0.323. The van der Waals surface area contributed by atoms with Gasteiger partial charge >= 0.3 is 7.82 Å². The molecule has 0 radical (unpaired) electrons. The number of halogens is 1. The molecule has 0 atom stereocenters. The van der Waals surface area contributed by atoms with Crippen molar-refractivity contribution < 1.29 is 38.3 Å². The van der Waals surface area contributed by atoms with Crippen LogP contribution < -0.4 is 14.8 Å². The van der Waals surface area contributed by atoms with E-state index in [9.17, 15) is 0 Å². The van der Waals surface area contributed by atoms with E-state index >= 15 is 0 Å². The molecule has 1 aliphatic rings. The quantitative estimate of drug-likeness (QED) is 0.0677. The van der Waals surface area contributed by atoms with Gasteiger partial charge in [-0.2, -0.15) is 0 Å². The molecule has 15 heteroatoms. The number of morpholine rings is 1. The van der Waals surface area contributed by atoms with Crippen LogP contribution >= 0.6 is 19.4 Å². The van der Waals surface area contributed by atoms with Gasteiger partial charge in [-0.15, -0.1) is 0 Å². The summed E-state index contributed by atoms with van der Waals surface area (Å²) in [5, 5.41) is 9.20. The molecule has 0 spiro atoms. The first-order valence-electron chi connectivity index (χ1n) is 14.4. The van der Waals surface area contributed by atoms with Crippen molar-refractivity contribution in [3.05, 3.63) is 83.1 Å². The van der Waals surface area contributed by atoms with Crippen LogP contribution in [0.3, 0.4) is 0 Å². The van der Waals surface area contributed by atoms with Crippen molar-refractivity contribution in [3.63, 3.8) is 0 Å². The van der Waals surface area contributed by atoms with E-state index in [0.29, 0.717) is 35.6 Å². The Hall–Kier alpha value is -3.81. The minimum Gasteiger partial charge on any atom is -0.493 e. The molecule has 5 rings (SSSR count). The Balaban J connectivity index is 0.000000892. The fourth-order valence-electron chi connectivity index (χ4n) is 4.50. The molecule has 0 bridgehead atoms. The maximum absolute atomic E-state index is 8.88. The number of ether oxygens (including phenoxy) is 3. The number of fused-ring (bicyclic) bond motifs is 1. The van der Waals surface area contributed by atoms with Gasteiger partial charge in [0.2, 0.25) is 0 Å². The predicted molar refractivity (Wildman–Crippen MR) is 176 cm³/mol. The number of nitrogens with one attached hydrogen (secondary N) is 1. The lowest BCUT2D eigenvalue weighted by Crippen LogP contribution is -2.37. The van der Waals surface area contributed by atoms with Gasteiger partial charge in [-0.25, -0.2) is 14.5 Å². The van der Waals surface area contributed by atoms with Gasteiger partial charge in [0.05, 0.1) is 38.2 Å². The van der Waals surface area contributed by atoms with E-state index in [1.165, 1.54) is 6.33 Å². The number of oxime groups is 1. The van der Waals surface area contributed by atoms with Gasteiger partial charge < -0.3 is 39.0 Å². The first-order valence-corrected chi connectivity index (χ1v) is 16.4. The number of methoxy groups -OCH3 is 1. The zero-order valence-electron chi connectivity index (χ0n) is 25.5. The summed E-state index contributed by atoms with van der Waals surface area (Å²) in [7, 11) is -3.00. The molecule has 2 heterocycles. The number of hydrogen-bond acceptors (Lipinski definition) is 10. The van der Waals surface area contributed by atoms with Crippen molar-refractivity contribution in [2.45, 2.75) is 20.0 Å². The minimum atomic E-state index is -4.64. The molecule has 1 fully saturated rings. The van der Waals surface area contributed by atoms with Crippen molar-refractivity contribution >= 4 is 47.5 Å². The summed E-state index contributed by atoms with van der Waals surface area (Å²) in [6, 6.07) is 19.3. The van der Waals surface area contributed by atoms with Crippen molar-refractivity contribution in [2.75, 3.05) is 51.9 Å². The second-order valence-corrected chi connectivity index (χ2v) is 11.7. The Morgan fingerprint density at radius 3 is 2.41 bits per heavy atom. The first-order chi connectivity index (χ1) is 22.1. The molecule has 1 aliphatic heterocycles.